The second-order valence-corrected chi connectivity index (χ2v) is 11.1. The topological polar surface area (TPSA) is 123 Å². The molecule has 36 heavy (non-hydrogen) atoms. The number of ether oxygens (including phenoxy) is 3. The molecule has 12 heteroatoms. The smallest absolute Gasteiger partial charge is 0.306 e. The minimum absolute atomic E-state index is 0.0643. The van der Waals surface area contributed by atoms with E-state index in [4.69, 9.17) is 14.2 Å². The molecule has 2 aromatic heterocycles. The molecule has 192 valence electrons. The summed E-state index contributed by atoms with van der Waals surface area (Å²) >= 11 is 1.36. The number of carbonyl (C=O) groups is 1. The number of aliphatic imine (C=N–C) groups is 1. The maximum Gasteiger partial charge on any atom is 0.306 e. The van der Waals surface area contributed by atoms with Crippen molar-refractivity contribution in [2.45, 2.75) is 30.2 Å². The van der Waals surface area contributed by atoms with E-state index in [9.17, 15) is 13.2 Å². The highest BCUT2D eigenvalue weighted by Crippen LogP contribution is 2.36. The van der Waals surface area contributed by atoms with Crippen LogP contribution in [0.25, 0.3) is 10.9 Å². The Morgan fingerprint density at radius 2 is 2.08 bits per heavy atom. The van der Waals surface area contributed by atoms with Gasteiger partial charge in [-0.2, -0.15) is 8.42 Å². The first-order valence-corrected chi connectivity index (χ1v) is 13.7. The molecule has 0 saturated heterocycles. The molecule has 3 heterocycles. The number of nitrogens with one attached hydrogen (secondary N) is 1. The molecule has 1 atom stereocenters. The number of anilines is 1. The molecule has 4 rings (SSSR count). The zero-order valence-corrected chi connectivity index (χ0v) is 21.9. The molecular weight excluding hydrogens is 504 g/mol. The van der Waals surface area contributed by atoms with Crippen LogP contribution in [0, 0.1) is 0 Å². The lowest BCUT2D eigenvalue weighted by Crippen LogP contribution is -2.27. The zero-order chi connectivity index (χ0) is 25.7. The second kappa shape index (κ2) is 11.3. The van der Waals surface area contributed by atoms with Crippen molar-refractivity contribution < 1.29 is 27.4 Å². The predicted molar refractivity (Wildman–Crippen MR) is 139 cm³/mol. The lowest BCUT2D eigenvalue weighted by Gasteiger charge is -2.20. The summed E-state index contributed by atoms with van der Waals surface area (Å²) in [5.41, 5.74) is 1.31. The highest BCUT2D eigenvalue weighted by Gasteiger charge is 2.28. The number of sulfonamides is 1. The van der Waals surface area contributed by atoms with Crippen LogP contribution in [0.1, 0.15) is 25.5 Å². The summed E-state index contributed by atoms with van der Waals surface area (Å²) in [7, 11) is -0.879. The maximum atomic E-state index is 13.3. The van der Waals surface area contributed by atoms with Crippen LogP contribution in [0.3, 0.4) is 0 Å². The molecule has 0 saturated carbocycles. The molecule has 0 bridgehead atoms. The van der Waals surface area contributed by atoms with Gasteiger partial charge in [-0.1, -0.05) is 24.8 Å². The number of nitrogens with zero attached hydrogens (tertiary/aromatic N) is 3. The third-order valence-corrected chi connectivity index (χ3v) is 8.18. The molecule has 0 radical (unpaired) electrons. The average molecular weight is 533 g/mol. The normalized spacial score (nSPS) is 15.6. The number of fused-ring (bicyclic) bond motifs is 1. The number of methoxy groups -OCH3 is 1. The number of hydrogen-bond acceptors (Lipinski definition) is 9. The summed E-state index contributed by atoms with van der Waals surface area (Å²) in [5.74, 6) is 0.250. The molecule has 1 aliphatic heterocycles. The van der Waals surface area contributed by atoms with E-state index >= 15 is 0 Å². The van der Waals surface area contributed by atoms with Gasteiger partial charge in [0, 0.05) is 38.2 Å². The Morgan fingerprint density at radius 1 is 1.25 bits per heavy atom. The van der Waals surface area contributed by atoms with Crippen LogP contribution in [-0.2, 0) is 24.3 Å². The van der Waals surface area contributed by atoms with Gasteiger partial charge in [-0.25, -0.2) is 4.98 Å². The van der Waals surface area contributed by atoms with Crippen LogP contribution < -0.4 is 9.04 Å². The summed E-state index contributed by atoms with van der Waals surface area (Å²) in [6.45, 7) is 2.98. The Hall–Kier alpha value is -3.09. The Kier molecular flexibility index (Phi) is 8.17. The molecule has 0 aliphatic carbocycles. The van der Waals surface area contributed by atoms with Crippen LogP contribution in [0.15, 0.2) is 52.6 Å². The lowest BCUT2D eigenvalue weighted by molar-refractivity contribution is -0.144. The van der Waals surface area contributed by atoms with Crippen molar-refractivity contribution in [2.75, 3.05) is 38.2 Å². The van der Waals surface area contributed by atoms with Crippen LogP contribution in [-0.4, -0.2) is 68.8 Å². The first kappa shape index (κ1) is 26.0. The third-order valence-electron chi connectivity index (χ3n) is 5.41. The van der Waals surface area contributed by atoms with Crippen molar-refractivity contribution in [3.8, 4) is 5.75 Å². The quantitative estimate of drug-likeness (QED) is 0.294. The van der Waals surface area contributed by atoms with E-state index in [0.717, 1.165) is 11.8 Å². The fourth-order valence-corrected chi connectivity index (χ4v) is 5.70. The van der Waals surface area contributed by atoms with Crippen molar-refractivity contribution in [3.05, 3.63) is 48.3 Å². The molecule has 1 unspecified atom stereocenters. The Labute approximate surface area is 214 Å². The van der Waals surface area contributed by atoms with E-state index in [1.165, 1.54) is 35.4 Å². The Balaban J connectivity index is 1.68. The summed E-state index contributed by atoms with van der Waals surface area (Å²) in [5, 5.41) is 1.36. The van der Waals surface area contributed by atoms with Crippen molar-refractivity contribution in [1.82, 2.24) is 9.97 Å². The largest absolute Gasteiger partial charge is 0.491 e. The number of benzene rings is 1. The average Bonchev–Trinajstić information content (AvgIpc) is 3.51. The number of aromatic nitrogens is 2. The van der Waals surface area contributed by atoms with Gasteiger partial charge in [-0.3, -0.25) is 14.1 Å². The first-order valence-electron chi connectivity index (χ1n) is 11.4. The monoisotopic (exact) mass is 532 g/mol. The summed E-state index contributed by atoms with van der Waals surface area (Å²) in [4.78, 5) is 23.7. The number of pyridine rings is 1. The van der Waals surface area contributed by atoms with Crippen LogP contribution in [0.5, 0.6) is 5.75 Å². The first-order chi connectivity index (χ1) is 17.3. The van der Waals surface area contributed by atoms with Gasteiger partial charge in [-0.05, 0) is 30.7 Å². The van der Waals surface area contributed by atoms with Crippen LogP contribution in [0.4, 0.5) is 5.69 Å². The van der Waals surface area contributed by atoms with E-state index in [2.05, 4.69) is 15.0 Å². The number of H-pyrrole nitrogens is 1. The molecule has 0 amide bonds. The minimum Gasteiger partial charge on any atom is -0.491 e. The third kappa shape index (κ3) is 5.66. The molecule has 1 aromatic carbocycles. The molecule has 1 N–H and O–H groups in total. The molecule has 3 aromatic rings. The molecule has 1 aliphatic rings. The summed E-state index contributed by atoms with van der Waals surface area (Å²) in [6.07, 6.45) is 2.52. The van der Waals surface area contributed by atoms with Crippen molar-refractivity contribution in [2.24, 2.45) is 4.99 Å². The van der Waals surface area contributed by atoms with Crippen LogP contribution in [0.2, 0.25) is 0 Å². The van der Waals surface area contributed by atoms with Gasteiger partial charge in [-0.15, -0.1) is 0 Å². The highest BCUT2D eigenvalue weighted by molar-refractivity contribution is 8.15. The van der Waals surface area contributed by atoms with Gasteiger partial charge in [0.1, 0.15) is 17.4 Å². The number of carbonyl (C=O) groups excluding carboxylic acids is 1. The number of thioether (sulfide) groups is 1. The van der Waals surface area contributed by atoms with Crippen LogP contribution >= 0.6 is 11.8 Å². The fourth-order valence-electron chi connectivity index (χ4n) is 3.63. The maximum absolute atomic E-state index is 13.3. The van der Waals surface area contributed by atoms with Gasteiger partial charge < -0.3 is 19.2 Å². The van der Waals surface area contributed by atoms with Crippen molar-refractivity contribution in [1.29, 1.82) is 0 Å². The van der Waals surface area contributed by atoms with E-state index in [1.54, 1.807) is 25.3 Å². The molecular formula is C24H28N4O6S2. The van der Waals surface area contributed by atoms with Gasteiger partial charge in [0.05, 0.1) is 30.0 Å². The second-order valence-electron chi connectivity index (χ2n) is 8.00. The fraction of sp³-hybridized carbons (Fsp3) is 0.375. The number of aromatic amines is 1. The van der Waals surface area contributed by atoms with E-state index in [1.807, 2.05) is 19.1 Å². The van der Waals surface area contributed by atoms with Crippen molar-refractivity contribution in [3.63, 3.8) is 0 Å². The van der Waals surface area contributed by atoms with E-state index in [-0.39, 0.29) is 16.4 Å². The predicted octanol–water partition coefficient (Wildman–Crippen LogP) is 3.58. The van der Waals surface area contributed by atoms with E-state index in [0.29, 0.717) is 53.9 Å². The number of esters is 1. The zero-order valence-electron chi connectivity index (χ0n) is 20.3. The molecule has 10 nitrogen and oxygen atoms in total. The SMILES string of the molecule is CCCC(=O)OC1CN=C(c2cc3cc(OCCOC)cc(N(C)S(=O)(=O)c4ccccn4)c3[nH]2)S1. The Morgan fingerprint density at radius 3 is 2.81 bits per heavy atom. The van der Waals surface area contributed by atoms with Gasteiger partial charge in [0.25, 0.3) is 10.0 Å². The van der Waals surface area contributed by atoms with Crippen molar-refractivity contribution >= 4 is 49.4 Å². The highest BCUT2D eigenvalue weighted by atomic mass is 32.2. The summed E-state index contributed by atoms with van der Waals surface area (Å²) < 4.78 is 44.2. The lowest BCUT2D eigenvalue weighted by atomic mass is 10.2. The molecule has 0 fully saturated rings. The van der Waals surface area contributed by atoms with Gasteiger partial charge in [0.2, 0.25) is 0 Å². The Bertz CT molecular complexity index is 1360. The summed E-state index contributed by atoms with van der Waals surface area (Å²) in [6, 6.07) is 10.1. The van der Waals surface area contributed by atoms with Gasteiger partial charge in [0.15, 0.2) is 10.5 Å². The number of rotatable bonds is 11. The standard InChI is InChI=1S/C24H28N4O6S2/c1-4-7-21(29)34-22-15-26-24(35-22)18-13-16-12-17(33-11-10-32-3)14-19(23(16)27-18)28(2)36(30,31)20-8-5-6-9-25-20/h5-6,8-9,12-14,22,27H,4,7,10-11,15H2,1-3H3. The van der Waals surface area contributed by atoms with Gasteiger partial charge >= 0.3 is 5.97 Å². The number of hydrogen-bond donors (Lipinski definition) is 1. The van der Waals surface area contributed by atoms with E-state index < -0.39 is 10.0 Å². The minimum atomic E-state index is -3.93. The molecule has 0 spiro atoms.